The molecule has 0 spiro atoms. The number of benzene rings is 1. The van der Waals surface area contributed by atoms with Crippen molar-refractivity contribution >= 4 is 39.1 Å². The first-order valence-corrected chi connectivity index (χ1v) is 7.49. The second-order valence-electron chi connectivity index (χ2n) is 4.74. The molecule has 1 N–H and O–H groups in total. The number of thiophene rings is 1. The van der Waals surface area contributed by atoms with Crippen molar-refractivity contribution in [3.05, 3.63) is 67.5 Å². The third-order valence-corrected chi connectivity index (χ3v) is 4.32. The van der Waals surface area contributed by atoms with E-state index in [0.29, 0.717) is 11.3 Å². The first kappa shape index (κ1) is 16.1. The van der Waals surface area contributed by atoms with E-state index in [0.717, 1.165) is 6.07 Å². The number of rotatable bonds is 3. The number of carbonyl (C=O) groups excluding carboxylic acids is 1. The van der Waals surface area contributed by atoms with Crippen LogP contribution in [0.1, 0.15) is 15.4 Å². The largest absolute Gasteiger partial charge is 0.710 e. The first-order valence-electron chi connectivity index (χ1n) is 6.67. The van der Waals surface area contributed by atoms with Crippen molar-refractivity contribution in [2.24, 2.45) is 0 Å². The molecule has 25 heavy (non-hydrogen) atoms. The minimum atomic E-state index is -0.838. The monoisotopic (exact) mass is 357 g/mol. The lowest BCUT2D eigenvalue weighted by Gasteiger charge is -2.12. The summed E-state index contributed by atoms with van der Waals surface area (Å²) in [5.41, 5.74) is -0.657. The minimum Gasteiger partial charge on any atom is -0.710 e. The van der Waals surface area contributed by atoms with Crippen molar-refractivity contribution in [3.63, 3.8) is 0 Å². The highest BCUT2D eigenvalue weighted by Gasteiger charge is 2.30. The van der Waals surface area contributed by atoms with E-state index in [1.54, 1.807) is 6.07 Å². The summed E-state index contributed by atoms with van der Waals surface area (Å²) in [6, 6.07) is 9.73. The van der Waals surface area contributed by atoms with Gasteiger partial charge in [-0.05, 0) is 12.1 Å². The van der Waals surface area contributed by atoms with E-state index >= 15 is 0 Å². The number of aromatic nitrogens is 2. The lowest BCUT2D eigenvalue weighted by atomic mass is 10.2. The maximum atomic E-state index is 12.4. The smallest absolute Gasteiger partial charge is 0.386 e. The molecule has 0 saturated heterocycles. The summed E-state index contributed by atoms with van der Waals surface area (Å²) in [6.45, 7) is 0. The SMILES string of the molecule is N#Cc1c(NC(=O)c2ccc([N+](=O)[O-])s2)[n+]([O-])c2ccccc2[n+]1[O-]. The second-order valence-corrected chi connectivity index (χ2v) is 5.80. The number of anilines is 1. The molecule has 10 nitrogen and oxygen atoms in total. The van der Waals surface area contributed by atoms with E-state index in [2.05, 4.69) is 5.32 Å². The van der Waals surface area contributed by atoms with Gasteiger partial charge in [-0.15, -0.1) is 4.73 Å². The van der Waals surface area contributed by atoms with E-state index < -0.39 is 22.3 Å². The molecule has 0 aliphatic carbocycles. The number of nitro groups is 1. The van der Waals surface area contributed by atoms with Crippen LogP contribution in [0.15, 0.2) is 36.4 Å². The summed E-state index contributed by atoms with van der Waals surface area (Å²) in [6.07, 6.45) is 0. The van der Waals surface area contributed by atoms with Crippen LogP contribution in [0.4, 0.5) is 10.8 Å². The molecule has 1 aromatic carbocycles. The molecule has 0 aliphatic heterocycles. The lowest BCUT2D eigenvalue weighted by Crippen LogP contribution is -2.44. The van der Waals surface area contributed by atoms with E-state index in [1.807, 2.05) is 0 Å². The zero-order chi connectivity index (χ0) is 18.1. The highest BCUT2D eigenvalue weighted by Crippen LogP contribution is 2.24. The Bertz CT molecular complexity index is 1070. The summed E-state index contributed by atoms with van der Waals surface area (Å²) in [7, 11) is 0. The van der Waals surface area contributed by atoms with Gasteiger partial charge in [0, 0.05) is 12.1 Å². The molecule has 0 radical (unpaired) electrons. The topological polar surface area (TPSA) is 150 Å². The van der Waals surface area contributed by atoms with Crippen molar-refractivity contribution in [1.82, 2.24) is 0 Å². The molecule has 11 heteroatoms. The van der Waals surface area contributed by atoms with Crippen LogP contribution in [0.3, 0.4) is 0 Å². The van der Waals surface area contributed by atoms with E-state index in [4.69, 9.17) is 0 Å². The molecule has 0 atom stereocenters. The molecule has 0 bridgehead atoms. The van der Waals surface area contributed by atoms with Crippen LogP contribution in [0.2, 0.25) is 0 Å². The number of carbonyl (C=O) groups is 1. The molecule has 3 aromatic rings. The fourth-order valence-corrected chi connectivity index (χ4v) is 2.88. The molecular formula is C14H7N5O5S. The van der Waals surface area contributed by atoms with Gasteiger partial charge in [-0.25, -0.2) is 9.52 Å². The molecule has 124 valence electrons. The predicted molar refractivity (Wildman–Crippen MR) is 85.5 cm³/mol. The normalized spacial score (nSPS) is 10.4. The Morgan fingerprint density at radius 3 is 2.36 bits per heavy atom. The quantitative estimate of drug-likeness (QED) is 0.322. The van der Waals surface area contributed by atoms with Gasteiger partial charge >= 0.3 is 22.4 Å². The number of hydrogen-bond acceptors (Lipinski definition) is 7. The summed E-state index contributed by atoms with van der Waals surface area (Å²) in [5.74, 6) is -1.38. The Balaban J connectivity index is 2.09. The number of hydrogen-bond donors (Lipinski definition) is 1. The molecule has 2 heterocycles. The Kier molecular flexibility index (Phi) is 3.88. The Labute approximate surface area is 143 Å². The summed E-state index contributed by atoms with van der Waals surface area (Å²) < 4.78 is 0.512. The number of nitriles is 1. The van der Waals surface area contributed by atoms with Crippen molar-refractivity contribution in [3.8, 4) is 6.07 Å². The molecule has 0 unspecified atom stereocenters. The summed E-state index contributed by atoms with van der Waals surface area (Å²) in [4.78, 5) is 22.2. The molecule has 2 aromatic heterocycles. The third-order valence-electron chi connectivity index (χ3n) is 3.28. The van der Waals surface area contributed by atoms with Crippen molar-refractivity contribution < 1.29 is 19.2 Å². The molecule has 3 rings (SSSR count). The van der Waals surface area contributed by atoms with Crippen LogP contribution < -0.4 is 14.8 Å². The van der Waals surface area contributed by atoms with E-state index in [-0.39, 0.29) is 30.4 Å². The van der Waals surface area contributed by atoms with Crippen LogP contribution in [0.25, 0.3) is 11.0 Å². The fraction of sp³-hybridized carbons (Fsp3) is 0. The van der Waals surface area contributed by atoms with Gasteiger partial charge in [0.2, 0.25) is 5.52 Å². The minimum absolute atomic E-state index is 0.0289. The molecular weight excluding hydrogens is 350 g/mol. The van der Waals surface area contributed by atoms with Gasteiger partial charge < -0.3 is 10.4 Å². The van der Waals surface area contributed by atoms with Crippen LogP contribution in [-0.2, 0) is 0 Å². The van der Waals surface area contributed by atoms with Gasteiger partial charge in [-0.1, -0.05) is 23.5 Å². The van der Waals surface area contributed by atoms with Gasteiger partial charge in [0.05, 0.1) is 4.92 Å². The van der Waals surface area contributed by atoms with E-state index in [9.17, 15) is 30.6 Å². The number of para-hydroxylation sites is 2. The number of nitrogens with one attached hydrogen (secondary N) is 1. The van der Waals surface area contributed by atoms with Gasteiger partial charge in [-0.3, -0.25) is 10.1 Å². The van der Waals surface area contributed by atoms with Crippen LogP contribution >= 0.6 is 11.3 Å². The number of nitrogens with zero attached hydrogens (tertiary/aromatic N) is 4. The molecule has 0 aliphatic rings. The Morgan fingerprint density at radius 1 is 1.16 bits per heavy atom. The number of fused-ring (bicyclic) bond motifs is 1. The zero-order valence-corrected chi connectivity index (χ0v) is 13.0. The lowest BCUT2D eigenvalue weighted by molar-refractivity contribution is -0.620. The molecule has 1 amide bonds. The van der Waals surface area contributed by atoms with E-state index in [1.165, 1.54) is 30.3 Å². The van der Waals surface area contributed by atoms with Gasteiger partial charge in [0.25, 0.3) is 5.52 Å². The zero-order valence-electron chi connectivity index (χ0n) is 12.2. The van der Waals surface area contributed by atoms with Crippen molar-refractivity contribution in [2.75, 3.05) is 5.32 Å². The maximum Gasteiger partial charge on any atom is 0.386 e. The fourth-order valence-electron chi connectivity index (χ4n) is 2.17. The van der Waals surface area contributed by atoms with Gasteiger partial charge in [-0.2, -0.15) is 10.6 Å². The highest BCUT2D eigenvalue weighted by molar-refractivity contribution is 7.17. The Morgan fingerprint density at radius 2 is 1.80 bits per heavy atom. The summed E-state index contributed by atoms with van der Waals surface area (Å²) in [5, 5.41) is 46.5. The number of amides is 1. The van der Waals surface area contributed by atoms with Crippen LogP contribution in [0.5, 0.6) is 0 Å². The standard InChI is InChI=1S/C14H7N5O5S/c15-7-10-13(16-14(20)11-5-6-12(25-11)19(23)24)18(22)9-4-2-1-3-8(9)17(10)21/h1-6H,(H,16,20). The van der Waals surface area contributed by atoms with Gasteiger partial charge in [0.15, 0.2) is 6.07 Å². The maximum absolute atomic E-state index is 12.4. The average molecular weight is 357 g/mol. The average Bonchev–Trinajstić information content (AvgIpc) is 3.10. The van der Waals surface area contributed by atoms with Crippen LogP contribution in [0, 0.1) is 31.9 Å². The first-order chi connectivity index (χ1) is 11.9. The second kappa shape index (κ2) is 6.02. The van der Waals surface area contributed by atoms with Gasteiger partial charge in [0.1, 0.15) is 4.88 Å². The molecule has 0 fully saturated rings. The highest BCUT2D eigenvalue weighted by atomic mass is 32.1. The van der Waals surface area contributed by atoms with Crippen molar-refractivity contribution in [1.29, 1.82) is 5.26 Å². The summed E-state index contributed by atoms with van der Waals surface area (Å²) >= 11 is 0.605. The van der Waals surface area contributed by atoms with Crippen molar-refractivity contribution in [2.45, 2.75) is 0 Å². The predicted octanol–water partition coefficient (Wildman–Crippen LogP) is 1.20. The third kappa shape index (κ3) is 2.66. The molecule has 0 saturated carbocycles. The Hall–Kier alpha value is -3.78. The van der Waals surface area contributed by atoms with Crippen LogP contribution in [-0.4, -0.2) is 10.8 Å².